The molecule has 1 atom stereocenters. The summed E-state index contributed by atoms with van der Waals surface area (Å²) in [7, 11) is -1.03. The number of hydrogen-bond acceptors (Lipinski definition) is 5. The van der Waals surface area contributed by atoms with Crippen molar-refractivity contribution < 1.29 is 19.5 Å². The zero-order chi connectivity index (χ0) is 14.6. The summed E-state index contributed by atoms with van der Waals surface area (Å²) in [5, 5.41) is 23.4. The van der Waals surface area contributed by atoms with Gasteiger partial charge < -0.3 is 19.5 Å². The molecule has 0 spiro atoms. The highest BCUT2D eigenvalue weighted by atomic mass is 16.5. The fourth-order valence-corrected chi connectivity index (χ4v) is 2.02. The van der Waals surface area contributed by atoms with Crippen molar-refractivity contribution in [2.75, 3.05) is 19.8 Å². The van der Waals surface area contributed by atoms with E-state index in [-0.39, 0.29) is 24.9 Å². The van der Waals surface area contributed by atoms with E-state index in [1.807, 2.05) is 13.8 Å². The number of aliphatic hydroxyl groups excluding tert-OH is 1. The van der Waals surface area contributed by atoms with Crippen molar-refractivity contribution in [2.45, 2.75) is 39.3 Å². The first-order valence-electron chi connectivity index (χ1n) is 7.08. The van der Waals surface area contributed by atoms with Gasteiger partial charge >= 0.3 is 7.12 Å². The fourth-order valence-electron chi connectivity index (χ4n) is 2.02. The lowest BCUT2D eigenvalue weighted by Crippen LogP contribution is -2.37. The summed E-state index contributed by atoms with van der Waals surface area (Å²) in [5.41, 5.74) is 0.233. The van der Waals surface area contributed by atoms with Gasteiger partial charge in [0, 0.05) is 36.5 Å². The van der Waals surface area contributed by atoms with Gasteiger partial charge in [-0.05, 0) is 19.3 Å². The predicted octanol–water partition coefficient (Wildman–Crippen LogP) is 0.305. The molecule has 0 saturated carbocycles. The molecule has 1 saturated heterocycles. The number of hydrogen-bond donors (Lipinski definition) is 2. The zero-order valence-corrected chi connectivity index (χ0v) is 12.2. The Morgan fingerprint density at radius 1 is 1.55 bits per heavy atom. The summed E-state index contributed by atoms with van der Waals surface area (Å²) in [4.78, 5) is 0. The van der Waals surface area contributed by atoms with Crippen molar-refractivity contribution in [3.63, 3.8) is 0 Å². The van der Waals surface area contributed by atoms with Crippen LogP contribution in [0.4, 0.5) is 0 Å². The van der Waals surface area contributed by atoms with Gasteiger partial charge in [0.1, 0.15) is 6.23 Å². The van der Waals surface area contributed by atoms with Crippen LogP contribution in [-0.2, 0) is 9.39 Å². The van der Waals surface area contributed by atoms with E-state index in [0.717, 1.165) is 25.9 Å². The minimum Gasteiger partial charge on any atom is -0.423 e. The Labute approximate surface area is 119 Å². The van der Waals surface area contributed by atoms with Crippen LogP contribution in [0.1, 0.15) is 39.3 Å². The fraction of sp³-hybridized carbons (Fsp3) is 0.769. The third-order valence-electron chi connectivity index (χ3n) is 3.42. The summed E-state index contributed by atoms with van der Waals surface area (Å²) >= 11 is 0. The third-order valence-corrected chi connectivity index (χ3v) is 3.42. The molecule has 2 rings (SSSR count). The van der Waals surface area contributed by atoms with Gasteiger partial charge in [0.15, 0.2) is 0 Å². The van der Waals surface area contributed by atoms with Crippen molar-refractivity contribution in [3.8, 4) is 0 Å². The van der Waals surface area contributed by atoms with E-state index < -0.39 is 7.12 Å². The molecule has 0 aliphatic carbocycles. The quantitative estimate of drug-likeness (QED) is 0.734. The van der Waals surface area contributed by atoms with Gasteiger partial charge in [-0.2, -0.15) is 5.10 Å². The smallest absolute Gasteiger partial charge is 0.423 e. The van der Waals surface area contributed by atoms with Crippen LogP contribution in [0.3, 0.4) is 0 Å². The van der Waals surface area contributed by atoms with Crippen LogP contribution in [0, 0.1) is 5.41 Å². The largest absolute Gasteiger partial charge is 0.494 e. The minimum atomic E-state index is -1.03. The van der Waals surface area contributed by atoms with E-state index in [2.05, 4.69) is 5.10 Å². The van der Waals surface area contributed by atoms with Crippen molar-refractivity contribution in [1.29, 1.82) is 0 Å². The monoisotopic (exact) mass is 282 g/mol. The molecule has 0 unspecified atom stereocenters. The van der Waals surface area contributed by atoms with Gasteiger partial charge in [-0.1, -0.05) is 13.8 Å². The lowest BCUT2D eigenvalue weighted by Gasteiger charge is -2.23. The Balaban J connectivity index is 1.90. The molecular formula is C13H23BN2O4. The third kappa shape index (κ3) is 4.05. The van der Waals surface area contributed by atoms with Crippen LogP contribution in [0.25, 0.3) is 0 Å². The molecular weight excluding hydrogens is 259 g/mol. The van der Waals surface area contributed by atoms with Crippen molar-refractivity contribution in [1.82, 2.24) is 9.78 Å². The first kappa shape index (κ1) is 15.5. The lowest BCUT2D eigenvalue weighted by molar-refractivity contribution is -0.0394. The van der Waals surface area contributed by atoms with E-state index in [1.54, 1.807) is 17.1 Å². The van der Waals surface area contributed by atoms with E-state index in [0.29, 0.717) is 5.46 Å². The van der Waals surface area contributed by atoms with E-state index in [9.17, 15) is 5.02 Å². The van der Waals surface area contributed by atoms with E-state index in [1.165, 1.54) is 0 Å². The number of ether oxygens (including phenoxy) is 1. The van der Waals surface area contributed by atoms with Gasteiger partial charge in [-0.15, -0.1) is 0 Å². The zero-order valence-electron chi connectivity index (χ0n) is 12.2. The Kier molecular flexibility index (Phi) is 5.20. The molecule has 0 amide bonds. The topological polar surface area (TPSA) is 76.7 Å². The van der Waals surface area contributed by atoms with Gasteiger partial charge in [0.25, 0.3) is 0 Å². The second-order valence-electron chi connectivity index (χ2n) is 6.06. The predicted molar refractivity (Wildman–Crippen MR) is 75.5 cm³/mol. The Bertz CT molecular complexity index is 418. The average molecular weight is 282 g/mol. The number of nitrogens with zero attached hydrogens (tertiary/aromatic N) is 2. The molecule has 0 bridgehead atoms. The molecule has 6 nitrogen and oxygen atoms in total. The number of aromatic nitrogens is 2. The second kappa shape index (κ2) is 6.71. The van der Waals surface area contributed by atoms with Crippen LogP contribution in [0.5, 0.6) is 0 Å². The van der Waals surface area contributed by atoms with Gasteiger partial charge in [-0.25, -0.2) is 4.68 Å². The summed E-state index contributed by atoms with van der Waals surface area (Å²) in [6.07, 6.45) is 6.46. The molecule has 2 N–H and O–H groups in total. The number of aliphatic hydroxyl groups is 1. The molecule has 1 aliphatic heterocycles. The molecule has 2 heterocycles. The molecule has 20 heavy (non-hydrogen) atoms. The summed E-state index contributed by atoms with van der Waals surface area (Å²) in [6.45, 7) is 4.78. The van der Waals surface area contributed by atoms with Crippen LogP contribution in [0.2, 0.25) is 0 Å². The Morgan fingerprint density at radius 3 is 3.00 bits per heavy atom. The second-order valence-corrected chi connectivity index (χ2v) is 6.06. The van der Waals surface area contributed by atoms with E-state index in [4.69, 9.17) is 14.5 Å². The maximum absolute atomic E-state index is 9.99. The average Bonchev–Trinajstić information content (AvgIpc) is 2.96. The number of rotatable bonds is 6. The molecule has 1 aromatic rings. The summed E-state index contributed by atoms with van der Waals surface area (Å²) < 4.78 is 12.8. The van der Waals surface area contributed by atoms with E-state index >= 15 is 0 Å². The lowest BCUT2D eigenvalue weighted by atomic mass is 9.81. The molecule has 0 aromatic carbocycles. The summed E-state index contributed by atoms with van der Waals surface area (Å²) in [6, 6.07) is 0. The first-order valence-corrected chi connectivity index (χ1v) is 7.08. The molecule has 0 radical (unpaired) electrons. The highest BCUT2D eigenvalue weighted by Gasteiger charge is 2.25. The first-order chi connectivity index (χ1) is 9.52. The molecule has 1 aliphatic rings. The van der Waals surface area contributed by atoms with Crippen LogP contribution in [0.15, 0.2) is 12.4 Å². The van der Waals surface area contributed by atoms with Crippen LogP contribution >= 0.6 is 0 Å². The normalized spacial score (nSPS) is 20.1. The van der Waals surface area contributed by atoms with Crippen LogP contribution < -0.4 is 5.46 Å². The molecule has 7 heteroatoms. The highest BCUT2D eigenvalue weighted by molar-refractivity contribution is 6.59. The van der Waals surface area contributed by atoms with Gasteiger partial charge in [0.2, 0.25) is 0 Å². The van der Waals surface area contributed by atoms with Gasteiger partial charge in [-0.3, -0.25) is 0 Å². The van der Waals surface area contributed by atoms with Crippen molar-refractivity contribution in [2.24, 2.45) is 5.41 Å². The Morgan fingerprint density at radius 2 is 2.35 bits per heavy atom. The summed E-state index contributed by atoms with van der Waals surface area (Å²) in [5.74, 6) is 0. The standard InChI is InChI=1S/C13H23BN2O4/c1-13(2,9-17)10-20-14(18)11-7-15-16(8-11)12-5-3-4-6-19-12/h7-8,12,17-18H,3-6,9-10H2,1-2H3/t12-/m0/s1. The highest BCUT2D eigenvalue weighted by Crippen LogP contribution is 2.20. The minimum absolute atomic E-state index is 0.00883. The van der Waals surface area contributed by atoms with Crippen molar-refractivity contribution >= 4 is 12.6 Å². The maximum Gasteiger partial charge on any atom is 0.494 e. The van der Waals surface area contributed by atoms with Gasteiger partial charge in [0.05, 0.1) is 6.61 Å². The van der Waals surface area contributed by atoms with Crippen molar-refractivity contribution in [3.05, 3.63) is 12.4 Å². The van der Waals surface area contributed by atoms with Crippen LogP contribution in [-0.4, -0.2) is 46.9 Å². The Hall–Kier alpha value is -0.885. The maximum atomic E-state index is 9.99. The SMILES string of the molecule is CC(C)(CO)COB(O)c1cnn([C@@H]2CCCCO2)c1. The molecule has 112 valence electrons. The molecule has 1 aromatic heterocycles. The molecule has 1 fully saturated rings.